The average Bonchev–Trinajstić information content (AvgIpc) is 2.10. The van der Waals surface area contributed by atoms with E-state index in [4.69, 9.17) is 0 Å². The summed E-state index contributed by atoms with van der Waals surface area (Å²) in [6.07, 6.45) is 3.20. The van der Waals surface area contributed by atoms with Crippen LogP contribution < -0.4 is 4.72 Å². The molecule has 0 saturated heterocycles. The van der Waals surface area contributed by atoms with Gasteiger partial charge in [-0.05, 0) is 26.7 Å². The lowest BCUT2D eigenvalue weighted by Crippen LogP contribution is -2.57. The number of carbonyl (C=O) groups is 1. The Labute approximate surface area is 109 Å². The molecule has 1 amide bonds. The van der Waals surface area contributed by atoms with E-state index in [0.29, 0.717) is 19.0 Å². The molecule has 0 aromatic heterocycles. The van der Waals surface area contributed by atoms with Crippen LogP contribution >= 0.6 is 0 Å². The van der Waals surface area contributed by atoms with Crippen LogP contribution in [0.5, 0.6) is 0 Å². The molecule has 0 radical (unpaired) electrons. The second kappa shape index (κ2) is 5.01. The number of amides is 1. The van der Waals surface area contributed by atoms with E-state index in [2.05, 4.69) is 10.8 Å². The van der Waals surface area contributed by atoms with Crippen molar-refractivity contribution in [1.29, 1.82) is 0 Å². The molecule has 104 valence electrons. The topological polar surface area (TPSA) is 66.5 Å². The van der Waals surface area contributed by atoms with Crippen LogP contribution in [-0.4, -0.2) is 44.1 Å². The SMILES string of the molecule is CC1=CC(C)CN(C(=O)C(C)(C)NS(C)(=O)=O)C1. The van der Waals surface area contributed by atoms with Crippen molar-refractivity contribution in [3.05, 3.63) is 11.6 Å². The van der Waals surface area contributed by atoms with E-state index in [1.165, 1.54) is 0 Å². The van der Waals surface area contributed by atoms with Crippen LogP contribution in [0.4, 0.5) is 0 Å². The predicted octanol–water partition coefficient (Wildman–Crippen LogP) is 0.739. The lowest BCUT2D eigenvalue weighted by molar-refractivity contribution is -0.136. The molecule has 1 N–H and O–H groups in total. The molecule has 1 aliphatic heterocycles. The fraction of sp³-hybridized carbons (Fsp3) is 0.750. The van der Waals surface area contributed by atoms with Crippen LogP contribution in [0.15, 0.2) is 11.6 Å². The highest BCUT2D eigenvalue weighted by Crippen LogP contribution is 2.18. The Hall–Kier alpha value is -0.880. The van der Waals surface area contributed by atoms with Crippen molar-refractivity contribution >= 4 is 15.9 Å². The monoisotopic (exact) mass is 274 g/mol. The third-order valence-corrected chi connectivity index (χ3v) is 3.66. The Morgan fingerprint density at radius 2 is 2.06 bits per heavy atom. The average molecular weight is 274 g/mol. The number of rotatable bonds is 3. The van der Waals surface area contributed by atoms with Crippen molar-refractivity contribution in [2.24, 2.45) is 5.92 Å². The third-order valence-electron chi connectivity index (χ3n) is 2.78. The van der Waals surface area contributed by atoms with E-state index >= 15 is 0 Å². The van der Waals surface area contributed by atoms with Gasteiger partial charge in [-0.2, -0.15) is 0 Å². The summed E-state index contributed by atoms with van der Waals surface area (Å²) in [7, 11) is -3.40. The van der Waals surface area contributed by atoms with Gasteiger partial charge in [0.15, 0.2) is 0 Å². The summed E-state index contributed by atoms with van der Waals surface area (Å²) in [5.74, 6) is 0.115. The second-order valence-electron chi connectivity index (χ2n) is 5.68. The van der Waals surface area contributed by atoms with E-state index in [1.807, 2.05) is 13.8 Å². The normalized spacial score (nSPS) is 21.7. The van der Waals surface area contributed by atoms with Crippen molar-refractivity contribution in [1.82, 2.24) is 9.62 Å². The molecular weight excluding hydrogens is 252 g/mol. The molecule has 1 aliphatic rings. The smallest absolute Gasteiger partial charge is 0.243 e. The molecule has 1 unspecified atom stereocenters. The van der Waals surface area contributed by atoms with Gasteiger partial charge in [0.05, 0.1) is 6.26 Å². The summed E-state index contributed by atoms with van der Waals surface area (Å²) in [5.41, 5.74) is 0.0301. The third kappa shape index (κ3) is 4.10. The fourth-order valence-electron chi connectivity index (χ4n) is 2.36. The Bertz CT molecular complexity index is 466. The number of nitrogens with one attached hydrogen (secondary N) is 1. The van der Waals surface area contributed by atoms with Crippen molar-refractivity contribution in [3.8, 4) is 0 Å². The Morgan fingerprint density at radius 3 is 2.50 bits per heavy atom. The summed E-state index contributed by atoms with van der Waals surface area (Å²) in [4.78, 5) is 14.1. The van der Waals surface area contributed by atoms with Crippen LogP contribution in [0.1, 0.15) is 27.7 Å². The van der Waals surface area contributed by atoms with Crippen LogP contribution in [0.2, 0.25) is 0 Å². The lowest BCUT2D eigenvalue weighted by Gasteiger charge is -2.35. The Balaban J connectivity index is 2.85. The zero-order valence-electron chi connectivity index (χ0n) is 11.6. The Kier molecular flexibility index (Phi) is 4.23. The number of hydrogen-bond donors (Lipinski definition) is 1. The minimum atomic E-state index is -3.40. The van der Waals surface area contributed by atoms with Crippen molar-refractivity contribution < 1.29 is 13.2 Å². The standard InChI is InChI=1S/C12H22N2O3S/c1-9-6-10(2)8-14(7-9)11(15)12(3,4)13-18(5,16)17/h6,9,13H,7-8H2,1-5H3. The molecule has 1 heterocycles. The van der Waals surface area contributed by atoms with Gasteiger partial charge in [-0.25, -0.2) is 13.1 Å². The molecule has 5 nitrogen and oxygen atoms in total. The molecule has 1 rings (SSSR count). The summed E-state index contributed by atoms with van der Waals surface area (Å²) >= 11 is 0. The van der Waals surface area contributed by atoms with E-state index < -0.39 is 15.6 Å². The van der Waals surface area contributed by atoms with Crippen LogP contribution in [0.25, 0.3) is 0 Å². The maximum atomic E-state index is 12.4. The Morgan fingerprint density at radius 1 is 1.50 bits per heavy atom. The largest absolute Gasteiger partial charge is 0.337 e. The zero-order valence-corrected chi connectivity index (χ0v) is 12.5. The van der Waals surface area contributed by atoms with Crippen LogP contribution in [-0.2, 0) is 14.8 Å². The molecule has 1 atom stereocenters. The highest BCUT2D eigenvalue weighted by molar-refractivity contribution is 7.88. The maximum absolute atomic E-state index is 12.4. The van der Waals surface area contributed by atoms with Gasteiger partial charge in [0.25, 0.3) is 0 Å². The summed E-state index contributed by atoms with van der Waals surface area (Å²) in [5, 5.41) is 0. The summed E-state index contributed by atoms with van der Waals surface area (Å²) < 4.78 is 24.9. The van der Waals surface area contributed by atoms with Gasteiger partial charge in [-0.3, -0.25) is 4.79 Å². The van der Waals surface area contributed by atoms with E-state index in [1.54, 1.807) is 18.7 Å². The molecule has 0 saturated carbocycles. The molecule has 18 heavy (non-hydrogen) atoms. The van der Waals surface area contributed by atoms with Gasteiger partial charge in [0.2, 0.25) is 15.9 Å². The minimum absolute atomic E-state index is 0.188. The molecule has 0 aliphatic carbocycles. The molecule has 0 aromatic rings. The minimum Gasteiger partial charge on any atom is -0.337 e. The van der Waals surface area contributed by atoms with Gasteiger partial charge in [-0.1, -0.05) is 18.6 Å². The van der Waals surface area contributed by atoms with Crippen molar-refractivity contribution in [2.45, 2.75) is 33.2 Å². The first-order valence-electron chi connectivity index (χ1n) is 5.97. The first-order chi connectivity index (χ1) is 8.01. The highest BCUT2D eigenvalue weighted by atomic mass is 32.2. The van der Waals surface area contributed by atoms with Crippen LogP contribution in [0, 0.1) is 5.92 Å². The maximum Gasteiger partial charge on any atom is 0.243 e. The van der Waals surface area contributed by atoms with Crippen molar-refractivity contribution in [3.63, 3.8) is 0 Å². The number of carbonyl (C=O) groups excluding carboxylic acids is 1. The predicted molar refractivity (Wildman–Crippen MR) is 71.6 cm³/mol. The lowest BCUT2D eigenvalue weighted by atomic mass is 9.98. The van der Waals surface area contributed by atoms with Gasteiger partial charge in [0.1, 0.15) is 5.54 Å². The summed E-state index contributed by atoms with van der Waals surface area (Å²) in [6, 6.07) is 0. The van der Waals surface area contributed by atoms with Gasteiger partial charge in [-0.15, -0.1) is 0 Å². The summed E-state index contributed by atoms with van der Waals surface area (Å²) in [6.45, 7) is 8.40. The van der Waals surface area contributed by atoms with Gasteiger partial charge >= 0.3 is 0 Å². The molecule has 0 aromatic carbocycles. The number of sulfonamides is 1. The van der Waals surface area contributed by atoms with Gasteiger partial charge in [0, 0.05) is 13.1 Å². The number of nitrogens with zero attached hydrogens (tertiary/aromatic N) is 1. The van der Waals surface area contributed by atoms with E-state index in [9.17, 15) is 13.2 Å². The van der Waals surface area contributed by atoms with Crippen molar-refractivity contribution in [2.75, 3.05) is 19.3 Å². The number of hydrogen-bond acceptors (Lipinski definition) is 3. The zero-order chi connectivity index (χ0) is 14.1. The molecule has 0 fully saturated rings. The first kappa shape index (κ1) is 15.2. The molecule has 0 bridgehead atoms. The second-order valence-corrected chi connectivity index (χ2v) is 7.42. The first-order valence-corrected chi connectivity index (χ1v) is 7.86. The van der Waals surface area contributed by atoms with Crippen LogP contribution in [0.3, 0.4) is 0 Å². The van der Waals surface area contributed by atoms with Gasteiger partial charge < -0.3 is 4.90 Å². The van der Waals surface area contributed by atoms with E-state index in [0.717, 1.165) is 11.8 Å². The fourth-order valence-corrected chi connectivity index (χ4v) is 3.38. The quantitative estimate of drug-likeness (QED) is 0.772. The molecule has 0 spiro atoms. The van der Waals surface area contributed by atoms with E-state index in [-0.39, 0.29) is 5.91 Å². The highest BCUT2D eigenvalue weighted by Gasteiger charge is 2.35. The molecular formula is C12H22N2O3S. The molecule has 6 heteroatoms.